The number of nitrogens with zero attached hydrogens (tertiary/aromatic N) is 1. The van der Waals surface area contributed by atoms with Gasteiger partial charge in [0.2, 0.25) is 0 Å². The predicted molar refractivity (Wildman–Crippen MR) is 69.0 cm³/mol. The van der Waals surface area contributed by atoms with Crippen LogP contribution in [0.1, 0.15) is 54.1 Å². The molecule has 3 atom stereocenters. The summed E-state index contributed by atoms with van der Waals surface area (Å²) in [6.07, 6.45) is 4.32. The molecule has 1 aromatic heterocycles. The summed E-state index contributed by atoms with van der Waals surface area (Å²) in [6.45, 7) is 4.33. The van der Waals surface area contributed by atoms with E-state index in [2.05, 4.69) is 29.1 Å². The third kappa shape index (κ3) is 2.94. The van der Waals surface area contributed by atoms with E-state index in [1.165, 1.54) is 6.33 Å². The zero-order chi connectivity index (χ0) is 14.0. The van der Waals surface area contributed by atoms with Crippen LogP contribution in [0.4, 0.5) is 0 Å². The summed E-state index contributed by atoms with van der Waals surface area (Å²) in [7, 11) is 0. The van der Waals surface area contributed by atoms with Gasteiger partial charge < -0.3 is 15.4 Å². The van der Waals surface area contributed by atoms with Crippen molar-refractivity contribution in [1.82, 2.24) is 15.3 Å². The standard InChI is InChI=1S/C13H19N3O3/c1-7-3-4-9(8(2)5-7)16-12(17)10-11(13(18)19)15-6-14-10/h6-9H,3-5H2,1-2H3,(H,14,15)(H,16,17)(H,18,19). The average molecular weight is 265 g/mol. The molecule has 19 heavy (non-hydrogen) atoms. The van der Waals surface area contributed by atoms with E-state index >= 15 is 0 Å². The highest BCUT2D eigenvalue weighted by Gasteiger charge is 2.28. The number of carboxylic acids is 1. The summed E-state index contributed by atoms with van der Waals surface area (Å²) in [6, 6.07) is 0.0991. The fourth-order valence-electron chi connectivity index (χ4n) is 2.75. The van der Waals surface area contributed by atoms with E-state index in [1.54, 1.807) is 0 Å². The summed E-state index contributed by atoms with van der Waals surface area (Å²) in [4.78, 5) is 29.3. The Morgan fingerprint density at radius 1 is 1.42 bits per heavy atom. The van der Waals surface area contributed by atoms with Crippen molar-refractivity contribution in [2.45, 2.75) is 39.2 Å². The van der Waals surface area contributed by atoms with E-state index in [0.29, 0.717) is 11.8 Å². The van der Waals surface area contributed by atoms with Gasteiger partial charge in [0.25, 0.3) is 5.91 Å². The van der Waals surface area contributed by atoms with Gasteiger partial charge >= 0.3 is 5.97 Å². The third-order valence-corrected chi connectivity index (χ3v) is 3.82. The Bertz CT molecular complexity index is 483. The monoisotopic (exact) mass is 265 g/mol. The SMILES string of the molecule is CC1CCC(NC(=O)c2nc[nH]c2C(=O)O)C(C)C1. The number of carbonyl (C=O) groups is 2. The Balaban J connectivity index is 2.05. The van der Waals surface area contributed by atoms with Crippen LogP contribution in [-0.4, -0.2) is 33.0 Å². The van der Waals surface area contributed by atoms with Crippen LogP contribution in [-0.2, 0) is 0 Å². The minimum absolute atomic E-state index is 0.0432. The Kier molecular flexibility index (Phi) is 3.87. The van der Waals surface area contributed by atoms with Crippen LogP contribution in [0.15, 0.2) is 6.33 Å². The Morgan fingerprint density at radius 2 is 2.16 bits per heavy atom. The molecule has 0 saturated heterocycles. The molecule has 0 radical (unpaired) electrons. The lowest BCUT2D eigenvalue weighted by Gasteiger charge is -2.32. The van der Waals surface area contributed by atoms with Crippen LogP contribution in [0.25, 0.3) is 0 Å². The molecule has 104 valence electrons. The van der Waals surface area contributed by atoms with Crippen molar-refractivity contribution in [3.63, 3.8) is 0 Å². The van der Waals surface area contributed by atoms with E-state index in [9.17, 15) is 9.59 Å². The summed E-state index contributed by atoms with van der Waals surface area (Å²) in [5.74, 6) is -0.499. The second kappa shape index (κ2) is 5.42. The molecule has 3 N–H and O–H groups in total. The summed E-state index contributed by atoms with van der Waals surface area (Å²) in [5.41, 5.74) is -0.201. The first kappa shape index (κ1) is 13.6. The highest BCUT2D eigenvalue weighted by Crippen LogP contribution is 2.28. The second-order valence-electron chi connectivity index (χ2n) is 5.41. The lowest BCUT2D eigenvalue weighted by molar-refractivity contribution is 0.0683. The van der Waals surface area contributed by atoms with Crippen molar-refractivity contribution < 1.29 is 14.7 Å². The van der Waals surface area contributed by atoms with Gasteiger partial charge in [-0.05, 0) is 31.1 Å². The lowest BCUT2D eigenvalue weighted by Crippen LogP contribution is -2.42. The molecule has 1 aromatic rings. The number of aromatic nitrogens is 2. The summed E-state index contributed by atoms with van der Waals surface area (Å²) < 4.78 is 0. The van der Waals surface area contributed by atoms with E-state index in [0.717, 1.165) is 19.3 Å². The maximum Gasteiger partial charge on any atom is 0.354 e. The maximum absolute atomic E-state index is 12.1. The van der Waals surface area contributed by atoms with Crippen molar-refractivity contribution in [2.24, 2.45) is 11.8 Å². The van der Waals surface area contributed by atoms with E-state index < -0.39 is 11.9 Å². The number of hydrogen-bond donors (Lipinski definition) is 3. The number of imidazole rings is 1. The molecule has 1 fully saturated rings. The fourth-order valence-corrected chi connectivity index (χ4v) is 2.75. The van der Waals surface area contributed by atoms with Crippen LogP contribution < -0.4 is 5.32 Å². The van der Waals surface area contributed by atoms with E-state index in [4.69, 9.17) is 5.11 Å². The van der Waals surface area contributed by atoms with Crippen LogP contribution in [0, 0.1) is 11.8 Å². The number of amides is 1. The van der Waals surface area contributed by atoms with Crippen molar-refractivity contribution in [1.29, 1.82) is 0 Å². The Morgan fingerprint density at radius 3 is 2.79 bits per heavy atom. The highest BCUT2D eigenvalue weighted by atomic mass is 16.4. The molecular weight excluding hydrogens is 246 g/mol. The van der Waals surface area contributed by atoms with Crippen LogP contribution in [0.2, 0.25) is 0 Å². The molecule has 2 rings (SSSR count). The molecule has 0 aromatic carbocycles. The molecule has 1 saturated carbocycles. The molecular formula is C13H19N3O3. The van der Waals surface area contributed by atoms with Gasteiger partial charge in [-0.2, -0.15) is 0 Å². The molecule has 1 heterocycles. The van der Waals surface area contributed by atoms with Crippen molar-refractivity contribution >= 4 is 11.9 Å². The first-order valence-electron chi connectivity index (χ1n) is 6.56. The quantitative estimate of drug-likeness (QED) is 0.774. The van der Waals surface area contributed by atoms with Gasteiger partial charge in [0, 0.05) is 6.04 Å². The van der Waals surface area contributed by atoms with Gasteiger partial charge in [-0.15, -0.1) is 0 Å². The van der Waals surface area contributed by atoms with Gasteiger partial charge in [0.05, 0.1) is 6.33 Å². The maximum atomic E-state index is 12.1. The highest BCUT2D eigenvalue weighted by molar-refractivity contribution is 6.02. The molecule has 0 spiro atoms. The second-order valence-corrected chi connectivity index (χ2v) is 5.41. The van der Waals surface area contributed by atoms with Crippen molar-refractivity contribution in [3.8, 4) is 0 Å². The first-order valence-corrected chi connectivity index (χ1v) is 6.56. The minimum atomic E-state index is -1.17. The summed E-state index contributed by atoms with van der Waals surface area (Å²) >= 11 is 0. The molecule has 0 bridgehead atoms. The number of carbonyl (C=O) groups excluding carboxylic acids is 1. The van der Waals surface area contributed by atoms with Gasteiger partial charge in [-0.25, -0.2) is 9.78 Å². The van der Waals surface area contributed by atoms with Gasteiger partial charge in [-0.1, -0.05) is 13.8 Å². The largest absolute Gasteiger partial charge is 0.477 e. The van der Waals surface area contributed by atoms with Gasteiger partial charge in [-0.3, -0.25) is 4.79 Å². The van der Waals surface area contributed by atoms with Crippen LogP contribution in [0.5, 0.6) is 0 Å². The van der Waals surface area contributed by atoms with Gasteiger partial charge in [0.15, 0.2) is 11.4 Å². The number of aromatic amines is 1. The normalized spacial score (nSPS) is 26.9. The Hall–Kier alpha value is -1.85. The lowest BCUT2D eigenvalue weighted by atomic mass is 9.80. The number of carboxylic acid groups (broad SMARTS) is 1. The van der Waals surface area contributed by atoms with Crippen molar-refractivity contribution in [2.75, 3.05) is 0 Å². The molecule has 1 aliphatic carbocycles. The molecule has 1 amide bonds. The van der Waals surface area contributed by atoms with Crippen LogP contribution >= 0.6 is 0 Å². The average Bonchev–Trinajstić information content (AvgIpc) is 2.82. The first-order chi connectivity index (χ1) is 8.99. The Labute approximate surface area is 111 Å². The minimum Gasteiger partial charge on any atom is -0.477 e. The fraction of sp³-hybridized carbons (Fsp3) is 0.615. The topological polar surface area (TPSA) is 95.1 Å². The molecule has 3 unspecified atom stereocenters. The number of hydrogen-bond acceptors (Lipinski definition) is 3. The van der Waals surface area contributed by atoms with Crippen molar-refractivity contribution in [3.05, 3.63) is 17.7 Å². The number of H-pyrrole nitrogens is 1. The summed E-state index contributed by atoms with van der Waals surface area (Å²) in [5, 5.41) is 11.8. The van der Waals surface area contributed by atoms with Gasteiger partial charge in [0.1, 0.15) is 0 Å². The smallest absolute Gasteiger partial charge is 0.354 e. The third-order valence-electron chi connectivity index (χ3n) is 3.82. The van der Waals surface area contributed by atoms with E-state index in [1.807, 2.05) is 0 Å². The number of aromatic carboxylic acids is 1. The zero-order valence-electron chi connectivity index (χ0n) is 11.1. The zero-order valence-corrected chi connectivity index (χ0v) is 11.1. The van der Waals surface area contributed by atoms with E-state index in [-0.39, 0.29) is 17.4 Å². The van der Waals surface area contributed by atoms with Crippen LogP contribution in [0.3, 0.4) is 0 Å². The molecule has 6 heteroatoms. The molecule has 0 aliphatic heterocycles. The molecule has 6 nitrogen and oxygen atoms in total. The number of rotatable bonds is 3. The molecule has 1 aliphatic rings. The number of nitrogens with one attached hydrogen (secondary N) is 2. The predicted octanol–water partition coefficient (Wildman–Crippen LogP) is 1.66.